The van der Waals surface area contributed by atoms with E-state index in [-0.39, 0.29) is 22.1 Å². The van der Waals surface area contributed by atoms with E-state index in [9.17, 15) is 14.9 Å². The number of rotatable bonds is 3. The van der Waals surface area contributed by atoms with E-state index >= 15 is 0 Å². The van der Waals surface area contributed by atoms with E-state index < -0.39 is 10.8 Å². The van der Waals surface area contributed by atoms with Gasteiger partial charge in [0.2, 0.25) is 0 Å². The van der Waals surface area contributed by atoms with Crippen molar-refractivity contribution in [2.75, 3.05) is 0 Å². The summed E-state index contributed by atoms with van der Waals surface area (Å²) >= 11 is 0. The predicted molar refractivity (Wildman–Crippen MR) is 87.2 cm³/mol. The molecule has 122 valence electrons. The number of hydrazone groups is 1. The topological polar surface area (TPSA) is 84.6 Å². The maximum Gasteiger partial charge on any atom is 0.282 e. The van der Waals surface area contributed by atoms with E-state index in [0.717, 1.165) is 18.6 Å². The van der Waals surface area contributed by atoms with Gasteiger partial charge < -0.3 is 0 Å². The summed E-state index contributed by atoms with van der Waals surface area (Å²) in [5.41, 5.74) is 3.54. The van der Waals surface area contributed by atoms with Crippen LogP contribution in [-0.2, 0) is 0 Å². The van der Waals surface area contributed by atoms with Crippen LogP contribution < -0.4 is 5.43 Å². The summed E-state index contributed by atoms with van der Waals surface area (Å²) in [5.74, 6) is 0.0585. The molecular formula is C17H21N3O3. The molecule has 1 amide bonds. The van der Waals surface area contributed by atoms with Crippen LogP contribution in [0.5, 0.6) is 0 Å². The fraction of sp³-hybridized carbons (Fsp3) is 0.529. The van der Waals surface area contributed by atoms with E-state index in [1.807, 2.05) is 0 Å². The smallest absolute Gasteiger partial charge is 0.267 e. The Hall–Kier alpha value is -2.24. The molecule has 2 aliphatic carbocycles. The average molecular weight is 315 g/mol. The van der Waals surface area contributed by atoms with Gasteiger partial charge in [0.05, 0.1) is 4.92 Å². The molecule has 1 aromatic carbocycles. The van der Waals surface area contributed by atoms with E-state index in [1.54, 1.807) is 12.1 Å². The number of hydrogen-bond acceptors (Lipinski definition) is 4. The zero-order valence-electron chi connectivity index (χ0n) is 13.6. The Morgan fingerprint density at radius 2 is 2.04 bits per heavy atom. The number of benzene rings is 1. The third-order valence-electron chi connectivity index (χ3n) is 6.15. The van der Waals surface area contributed by atoms with Crippen LogP contribution in [0.3, 0.4) is 0 Å². The second-order valence-electron chi connectivity index (χ2n) is 7.27. The van der Waals surface area contributed by atoms with Gasteiger partial charge in [-0.1, -0.05) is 32.9 Å². The molecule has 2 fully saturated rings. The lowest BCUT2D eigenvalue weighted by atomic mass is 9.70. The van der Waals surface area contributed by atoms with Crippen molar-refractivity contribution < 1.29 is 9.72 Å². The Morgan fingerprint density at radius 3 is 2.61 bits per heavy atom. The molecule has 1 N–H and O–H groups in total. The van der Waals surface area contributed by atoms with Crippen molar-refractivity contribution in [3.8, 4) is 0 Å². The fourth-order valence-corrected chi connectivity index (χ4v) is 4.10. The number of fused-ring (bicyclic) bond motifs is 2. The number of nitrogens with one attached hydrogen (secondary N) is 1. The highest BCUT2D eigenvalue weighted by Crippen LogP contribution is 2.63. The minimum Gasteiger partial charge on any atom is -0.267 e. The molecule has 1 aromatic rings. The summed E-state index contributed by atoms with van der Waals surface area (Å²) < 4.78 is 0. The first-order chi connectivity index (χ1) is 10.8. The van der Waals surface area contributed by atoms with Gasteiger partial charge in [0.1, 0.15) is 5.56 Å². The normalized spacial score (nSPS) is 29.7. The molecular weight excluding hydrogens is 294 g/mol. The zero-order chi connectivity index (χ0) is 16.8. The van der Waals surface area contributed by atoms with Crippen molar-refractivity contribution in [1.82, 2.24) is 5.43 Å². The third kappa shape index (κ3) is 2.24. The lowest BCUT2D eigenvalue weighted by molar-refractivity contribution is -0.385. The molecule has 23 heavy (non-hydrogen) atoms. The van der Waals surface area contributed by atoms with Gasteiger partial charge in [0.25, 0.3) is 11.6 Å². The van der Waals surface area contributed by atoms with Crippen LogP contribution in [0.1, 0.15) is 50.4 Å². The first-order valence-corrected chi connectivity index (χ1v) is 7.88. The highest BCUT2D eigenvalue weighted by Gasteiger charge is 2.60. The van der Waals surface area contributed by atoms with Gasteiger partial charge in [0, 0.05) is 17.2 Å². The predicted octanol–water partition coefficient (Wildman–Crippen LogP) is 3.53. The van der Waals surface area contributed by atoms with Crippen LogP contribution >= 0.6 is 0 Å². The number of nitro groups is 1. The van der Waals surface area contributed by atoms with Gasteiger partial charge >= 0.3 is 0 Å². The SMILES string of the molecule is CC1(C)[C@H]2CC[C@@]1(C)/C(=N/NC(=O)c1ccccc1[N+](=O)[O-])C2. The van der Waals surface area contributed by atoms with Gasteiger partial charge in [-0.25, -0.2) is 5.43 Å². The highest BCUT2D eigenvalue weighted by atomic mass is 16.6. The molecule has 2 bridgehead atoms. The van der Waals surface area contributed by atoms with Gasteiger partial charge in [-0.3, -0.25) is 14.9 Å². The minimum absolute atomic E-state index is 0.00638. The Bertz CT molecular complexity index is 711. The van der Waals surface area contributed by atoms with E-state index in [1.165, 1.54) is 18.6 Å². The highest BCUT2D eigenvalue weighted by molar-refractivity contribution is 6.00. The molecule has 3 rings (SSSR count). The minimum atomic E-state index is -0.552. The molecule has 6 nitrogen and oxygen atoms in total. The standard InChI is InChI=1S/C17H21N3O3/c1-16(2)11-8-9-17(16,3)14(10-11)18-19-15(21)12-6-4-5-7-13(12)20(22)23/h4-7,11H,8-10H2,1-3H3,(H,19,21)/b18-14+/t11-,17-/m0/s1. The number of hydrogen-bond donors (Lipinski definition) is 1. The molecule has 2 aliphatic rings. The van der Waals surface area contributed by atoms with Crippen LogP contribution in [0.2, 0.25) is 0 Å². The third-order valence-corrected chi connectivity index (χ3v) is 6.15. The number of carbonyl (C=O) groups is 1. The van der Waals surface area contributed by atoms with Gasteiger partial charge in [-0.05, 0) is 36.7 Å². The monoisotopic (exact) mass is 315 g/mol. The van der Waals surface area contributed by atoms with Crippen molar-refractivity contribution in [2.45, 2.75) is 40.0 Å². The first kappa shape index (κ1) is 15.6. The molecule has 0 saturated heterocycles. The zero-order valence-corrected chi connectivity index (χ0v) is 13.6. The van der Waals surface area contributed by atoms with Crippen molar-refractivity contribution >= 4 is 17.3 Å². The first-order valence-electron chi connectivity index (χ1n) is 7.88. The quantitative estimate of drug-likeness (QED) is 0.684. The molecule has 0 heterocycles. The molecule has 2 atom stereocenters. The Balaban J connectivity index is 1.82. The van der Waals surface area contributed by atoms with Gasteiger partial charge in [0.15, 0.2) is 0 Å². The van der Waals surface area contributed by atoms with Crippen molar-refractivity contribution in [3.63, 3.8) is 0 Å². The molecule has 0 spiro atoms. The summed E-state index contributed by atoms with van der Waals surface area (Å²) in [6.45, 7) is 6.73. The van der Waals surface area contributed by atoms with E-state index in [2.05, 4.69) is 31.3 Å². The van der Waals surface area contributed by atoms with Gasteiger partial charge in [-0.15, -0.1) is 0 Å². The van der Waals surface area contributed by atoms with Gasteiger partial charge in [-0.2, -0.15) is 5.10 Å². The van der Waals surface area contributed by atoms with Crippen molar-refractivity contribution in [3.05, 3.63) is 39.9 Å². The van der Waals surface area contributed by atoms with Crippen molar-refractivity contribution in [2.24, 2.45) is 21.8 Å². The summed E-state index contributed by atoms with van der Waals surface area (Å²) in [7, 11) is 0. The molecule has 0 unspecified atom stereocenters. The largest absolute Gasteiger partial charge is 0.282 e. The fourth-order valence-electron chi connectivity index (χ4n) is 4.10. The molecule has 6 heteroatoms. The summed E-state index contributed by atoms with van der Waals surface area (Å²) in [6, 6.07) is 5.92. The molecule has 2 saturated carbocycles. The summed E-state index contributed by atoms with van der Waals surface area (Å²) in [6.07, 6.45) is 3.16. The number of amides is 1. The number of nitro benzene ring substituents is 1. The number of nitrogens with zero attached hydrogens (tertiary/aromatic N) is 2. The average Bonchev–Trinajstić information content (AvgIpc) is 2.85. The van der Waals surface area contributed by atoms with Crippen LogP contribution in [0.25, 0.3) is 0 Å². The Morgan fingerprint density at radius 1 is 1.35 bits per heavy atom. The maximum absolute atomic E-state index is 12.3. The second-order valence-corrected chi connectivity index (χ2v) is 7.27. The number of carbonyl (C=O) groups excluding carboxylic acids is 1. The van der Waals surface area contributed by atoms with E-state index in [4.69, 9.17) is 0 Å². The summed E-state index contributed by atoms with van der Waals surface area (Å²) in [5, 5.41) is 15.4. The van der Waals surface area contributed by atoms with Crippen molar-refractivity contribution in [1.29, 1.82) is 0 Å². The Labute approximate surface area is 135 Å². The maximum atomic E-state index is 12.3. The number of para-hydroxylation sites is 1. The summed E-state index contributed by atoms with van der Waals surface area (Å²) in [4.78, 5) is 22.7. The van der Waals surface area contributed by atoms with Crippen LogP contribution in [0.15, 0.2) is 29.4 Å². The van der Waals surface area contributed by atoms with Crippen LogP contribution in [0.4, 0.5) is 5.69 Å². The van der Waals surface area contributed by atoms with E-state index in [0.29, 0.717) is 5.92 Å². The molecule has 0 aliphatic heterocycles. The van der Waals surface area contributed by atoms with Crippen LogP contribution in [0, 0.1) is 26.9 Å². The lowest BCUT2D eigenvalue weighted by Crippen LogP contribution is -2.34. The van der Waals surface area contributed by atoms with Crippen LogP contribution in [-0.4, -0.2) is 16.5 Å². The Kier molecular flexibility index (Phi) is 3.50. The molecule has 0 radical (unpaired) electrons. The second kappa shape index (κ2) is 5.15. The lowest BCUT2D eigenvalue weighted by Gasteiger charge is -2.34. The molecule has 0 aromatic heterocycles.